The molecule has 1 saturated carbocycles. The molecule has 0 amide bonds. The Morgan fingerprint density at radius 3 is 2.61 bits per heavy atom. The Morgan fingerprint density at radius 2 is 2.00 bits per heavy atom. The van der Waals surface area contributed by atoms with Gasteiger partial charge < -0.3 is 11.5 Å². The summed E-state index contributed by atoms with van der Waals surface area (Å²) in [6, 6.07) is 2.15. The summed E-state index contributed by atoms with van der Waals surface area (Å²) in [5.41, 5.74) is 14.5. The maximum absolute atomic E-state index is 6.41. The number of nitrogen functional groups attached to an aromatic ring is 1. The van der Waals surface area contributed by atoms with Gasteiger partial charge in [-0.1, -0.05) is 26.2 Å². The van der Waals surface area contributed by atoms with Gasteiger partial charge in [-0.05, 0) is 43.2 Å². The molecule has 0 spiro atoms. The summed E-state index contributed by atoms with van der Waals surface area (Å²) in [7, 11) is 0. The minimum Gasteiger partial charge on any atom is -0.383 e. The lowest BCUT2D eigenvalue weighted by Gasteiger charge is -2.32. The van der Waals surface area contributed by atoms with Crippen molar-refractivity contribution < 1.29 is 0 Å². The monoisotopic (exact) mass is 247 g/mol. The van der Waals surface area contributed by atoms with E-state index in [1.165, 1.54) is 32.1 Å². The molecule has 3 heteroatoms. The van der Waals surface area contributed by atoms with Gasteiger partial charge in [-0.15, -0.1) is 0 Å². The third-order valence-corrected chi connectivity index (χ3v) is 4.42. The predicted molar refractivity (Wildman–Crippen MR) is 76.1 cm³/mol. The smallest absolute Gasteiger partial charge is 0.128 e. The summed E-state index contributed by atoms with van der Waals surface area (Å²) in [5.74, 6) is 2.07. The number of nitrogens with zero attached hydrogens (tertiary/aromatic N) is 1. The van der Waals surface area contributed by atoms with Gasteiger partial charge in [0.2, 0.25) is 0 Å². The van der Waals surface area contributed by atoms with E-state index in [2.05, 4.69) is 18.0 Å². The van der Waals surface area contributed by atoms with Crippen LogP contribution in [0, 0.1) is 18.8 Å². The molecule has 1 aliphatic rings. The number of hydrogen-bond acceptors (Lipinski definition) is 3. The Morgan fingerprint density at radius 1 is 1.33 bits per heavy atom. The van der Waals surface area contributed by atoms with Gasteiger partial charge in [-0.3, -0.25) is 0 Å². The van der Waals surface area contributed by atoms with Crippen molar-refractivity contribution in [2.75, 3.05) is 5.73 Å². The Labute approximate surface area is 110 Å². The van der Waals surface area contributed by atoms with E-state index < -0.39 is 0 Å². The van der Waals surface area contributed by atoms with Gasteiger partial charge in [-0.2, -0.15) is 0 Å². The third kappa shape index (κ3) is 2.83. The predicted octanol–water partition coefficient (Wildman–Crippen LogP) is 3.19. The van der Waals surface area contributed by atoms with Gasteiger partial charge in [0.25, 0.3) is 0 Å². The number of aromatic nitrogens is 1. The summed E-state index contributed by atoms with van der Waals surface area (Å²) >= 11 is 0. The van der Waals surface area contributed by atoms with E-state index in [0.717, 1.165) is 17.0 Å². The van der Waals surface area contributed by atoms with Gasteiger partial charge >= 0.3 is 0 Å². The summed E-state index contributed by atoms with van der Waals surface area (Å²) in [5, 5.41) is 0. The number of aryl methyl sites for hydroxylation is 1. The average molecular weight is 247 g/mol. The van der Waals surface area contributed by atoms with Gasteiger partial charge in [0, 0.05) is 17.8 Å². The van der Waals surface area contributed by atoms with Crippen LogP contribution >= 0.6 is 0 Å². The van der Waals surface area contributed by atoms with Crippen LogP contribution in [0.25, 0.3) is 0 Å². The second kappa shape index (κ2) is 5.70. The first-order valence-corrected chi connectivity index (χ1v) is 7.09. The van der Waals surface area contributed by atoms with Crippen molar-refractivity contribution in [2.24, 2.45) is 17.6 Å². The van der Waals surface area contributed by atoms with Crippen LogP contribution in [-0.4, -0.2) is 4.98 Å². The van der Waals surface area contributed by atoms with E-state index in [-0.39, 0.29) is 6.04 Å². The summed E-state index contributed by atoms with van der Waals surface area (Å²) in [6.07, 6.45) is 8.19. The maximum atomic E-state index is 6.41. The van der Waals surface area contributed by atoms with Crippen molar-refractivity contribution in [3.05, 3.63) is 23.4 Å². The van der Waals surface area contributed by atoms with Crippen LogP contribution in [0.15, 0.2) is 12.3 Å². The lowest BCUT2D eigenvalue weighted by molar-refractivity contribution is 0.240. The van der Waals surface area contributed by atoms with Crippen LogP contribution in [0.3, 0.4) is 0 Å². The second-order valence-corrected chi connectivity index (χ2v) is 5.70. The van der Waals surface area contributed by atoms with E-state index in [0.29, 0.717) is 11.7 Å². The highest BCUT2D eigenvalue weighted by molar-refractivity contribution is 5.43. The van der Waals surface area contributed by atoms with Crippen LogP contribution in [-0.2, 0) is 0 Å². The summed E-state index contributed by atoms with van der Waals surface area (Å²) in [6.45, 7) is 4.32. The molecule has 0 bridgehead atoms. The van der Waals surface area contributed by atoms with E-state index >= 15 is 0 Å². The van der Waals surface area contributed by atoms with Crippen LogP contribution in [0.2, 0.25) is 0 Å². The zero-order chi connectivity index (χ0) is 13.1. The van der Waals surface area contributed by atoms with Crippen LogP contribution in [0.4, 0.5) is 5.82 Å². The number of anilines is 1. The molecule has 0 aromatic carbocycles. The van der Waals surface area contributed by atoms with E-state index in [4.69, 9.17) is 11.5 Å². The molecule has 1 aromatic heterocycles. The number of rotatable bonds is 3. The molecule has 1 atom stereocenters. The van der Waals surface area contributed by atoms with Crippen LogP contribution < -0.4 is 11.5 Å². The molecule has 100 valence electrons. The number of pyridine rings is 1. The van der Waals surface area contributed by atoms with Crippen molar-refractivity contribution in [2.45, 2.75) is 52.0 Å². The fraction of sp³-hybridized carbons (Fsp3) is 0.667. The Bertz CT molecular complexity index is 395. The molecule has 18 heavy (non-hydrogen) atoms. The highest BCUT2D eigenvalue weighted by Crippen LogP contribution is 2.37. The van der Waals surface area contributed by atoms with Crippen molar-refractivity contribution in [3.63, 3.8) is 0 Å². The summed E-state index contributed by atoms with van der Waals surface area (Å²) in [4.78, 5) is 4.22. The average Bonchev–Trinajstić information content (AvgIpc) is 2.41. The maximum Gasteiger partial charge on any atom is 0.128 e. The molecule has 2 rings (SSSR count). The molecule has 4 N–H and O–H groups in total. The SMILES string of the molecule is CCC1CCC(C(N)c2cc(C)cnc2N)CC1. The lowest BCUT2D eigenvalue weighted by Crippen LogP contribution is -2.27. The number of nitrogens with two attached hydrogens (primary N) is 2. The highest BCUT2D eigenvalue weighted by Gasteiger charge is 2.27. The van der Waals surface area contributed by atoms with Crippen molar-refractivity contribution in [1.29, 1.82) is 0 Å². The molecule has 0 radical (unpaired) electrons. The van der Waals surface area contributed by atoms with Crippen LogP contribution in [0.1, 0.15) is 56.2 Å². The van der Waals surface area contributed by atoms with Gasteiger partial charge in [-0.25, -0.2) is 4.98 Å². The van der Waals surface area contributed by atoms with Crippen molar-refractivity contribution >= 4 is 5.82 Å². The lowest BCUT2D eigenvalue weighted by atomic mass is 9.76. The third-order valence-electron chi connectivity index (χ3n) is 4.42. The molecule has 0 aliphatic heterocycles. The van der Waals surface area contributed by atoms with Gasteiger partial charge in [0.1, 0.15) is 5.82 Å². The molecular formula is C15H25N3. The number of hydrogen-bond donors (Lipinski definition) is 2. The molecule has 1 unspecified atom stereocenters. The largest absolute Gasteiger partial charge is 0.383 e. The summed E-state index contributed by atoms with van der Waals surface area (Å²) < 4.78 is 0. The first kappa shape index (κ1) is 13.3. The Hall–Kier alpha value is -1.09. The van der Waals surface area contributed by atoms with E-state index in [1.54, 1.807) is 6.20 Å². The van der Waals surface area contributed by atoms with E-state index in [9.17, 15) is 0 Å². The molecule has 1 heterocycles. The highest BCUT2D eigenvalue weighted by atomic mass is 14.8. The molecule has 3 nitrogen and oxygen atoms in total. The zero-order valence-electron chi connectivity index (χ0n) is 11.5. The minimum atomic E-state index is 0.0511. The molecule has 1 aromatic rings. The van der Waals surface area contributed by atoms with Crippen molar-refractivity contribution in [1.82, 2.24) is 4.98 Å². The topological polar surface area (TPSA) is 64.9 Å². The normalized spacial score (nSPS) is 25.9. The molecule has 0 saturated heterocycles. The van der Waals surface area contributed by atoms with Crippen molar-refractivity contribution in [3.8, 4) is 0 Å². The quantitative estimate of drug-likeness (QED) is 0.862. The first-order valence-electron chi connectivity index (χ1n) is 7.09. The molecular weight excluding hydrogens is 222 g/mol. The van der Waals surface area contributed by atoms with E-state index in [1.807, 2.05) is 6.92 Å². The minimum absolute atomic E-state index is 0.0511. The van der Waals surface area contributed by atoms with Gasteiger partial charge in [0.15, 0.2) is 0 Å². The molecule has 1 aliphatic carbocycles. The van der Waals surface area contributed by atoms with Gasteiger partial charge in [0.05, 0.1) is 0 Å². The zero-order valence-corrected chi connectivity index (χ0v) is 11.5. The standard InChI is InChI=1S/C15H25N3/c1-3-11-4-6-12(7-5-11)14(16)13-8-10(2)9-18-15(13)17/h8-9,11-12,14H,3-7,16H2,1-2H3,(H2,17,18). The fourth-order valence-corrected chi connectivity index (χ4v) is 3.08. The van der Waals surface area contributed by atoms with Crippen LogP contribution in [0.5, 0.6) is 0 Å². The fourth-order valence-electron chi connectivity index (χ4n) is 3.08. The first-order chi connectivity index (χ1) is 8.61. The Kier molecular flexibility index (Phi) is 4.23. The molecule has 1 fully saturated rings. The Balaban J connectivity index is 2.07. The second-order valence-electron chi connectivity index (χ2n) is 5.70.